The summed E-state index contributed by atoms with van der Waals surface area (Å²) in [6.07, 6.45) is 1.01. The summed E-state index contributed by atoms with van der Waals surface area (Å²) in [6.45, 7) is 2.72. The summed E-state index contributed by atoms with van der Waals surface area (Å²) in [4.78, 5) is 0. The zero-order valence-corrected chi connectivity index (χ0v) is 11.8. The molecule has 2 aromatic carbocycles. The molecular weight excluding hydrogens is 256 g/mol. The van der Waals surface area contributed by atoms with Gasteiger partial charge >= 0.3 is 0 Å². The van der Waals surface area contributed by atoms with Gasteiger partial charge in [-0.05, 0) is 41.8 Å². The normalized spacial score (nSPS) is 12.2. The average molecular weight is 275 g/mol. The summed E-state index contributed by atoms with van der Waals surface area (Å²) in [6, 6.07) is 16.2. The van der Waals surface area contributed by atoms with Crippen molar-refractivity contribution < 1.29 is 0 Å². The Kier molecular flexibility index (Phi) is 4.83. The van der Waals surface area contributed by atoms with Gasteiger partial charge in [0.25, 0.3) is 0 Å². The van der Waals surface area contributed by atoms with Crippen LogP contribution in [0.25, 0.3) is 0 Å². The molecule has 0 heterocycles. The number of anilines is 1. The molecule has 2 rings (SSSR count). The third kappa shape index (κ3) is 3.49. The zero-order valence-electron chi connectivity index (χ0n) is 11.1. The van der Waals surface area contributed by atoms with E-state index in [1.807, 2.05) is 24.3 Å². The third-order valence-corrected chi connectivity index (χ3v) is 3.48. The first-order valence-corrected chi connectivity index (χ1v) is 6.92. The lowest BCUT2D eigenvalue weighted by Crippen LogP contribution is -2.21. The van der Waals surface area contributed by atoms with E-state index in [0.29, 0.717) is 6.54 Å². The number of hydrogen-bond donors (Lipinski definition) is 2. The molecule has 0 aliphatic rings. The molecule has 0 bridgehead atoms. The fourth-order valence-electron chi connectivity index (χ4n) is 2.21. The van der Waals surface area contributed by atoms with Crippen LogP contribution in [0.15, 0.2) is 48.5 Å². The highest BCUT2D eigenvalue weighted by Crippen LogP contribution is 2.23. The fourth-order valence-corrected chi connectivity index (χ4v) is 2.33. The van der Waals surface area contributed by atoms with Crippen LogP contribution in [-0.2, 0) is 6.42 Å². The van der Waals surface area contributed by atoms with Gasteiger partial charge in [-0.1, -0.05) is 42.8 Å². The minimum atomic E-state index is 0.123. The molecule has 3 heteroatoms. The highest BCUT2D eigenvalue weighted by atomic mass is 35.5. The van der Waals surface area contributed by atoms with Gasteiger partial charge in [-0.2, -0.15) is 0 Å². The topological polar surface area (TPSA) is 38.0 Å². The van der Waals surface area contributed by atoms with Crippen molar-refractivity contribution >= 4 is 17.3 Å². The Morgan fingerprint density at radius 3 is 2.42 bits per heavy atom. The Bertz CT molecular complexity index is 523. The largest absolute Gasteiger partial charge is 0.377 e. The maximum absolute atomic E-state index is 5.92. The molecule has 100 valence electrons. The number of halogens is 1. The summed E-state index contributed by atoms with van der Waals surface area (Å²) in [7, 11) is 0. The summed E-state index contributed by atoms with van der Waals surface area (Å²) in [5.74, 6) is 0. The first-order valence-electron chi connectivity index (χ1n) is 6.54. The molecule has 2 aromatic rings. The molecule has 0 aliphatic carbocycles. The van der Waals surface area contributed by atoms with Crippen LogP contribution in [-0.4, -0.2) is 6.54 Å². The smallest absolute Gasteiger partial charge is 0.0638 e. The van der Waals surface area contributed by atoms with Crippen LogP contribution < -0.4 is 11.1 Å². The molecule has 0 amide bonds. The lowest BCUT2D eigenvalue weighted by Gasteiger charge is -2.21. The van der Waals surface area contributed by atoms with Crippen molar-refractivity contribution in [1.82, 2.24) is 0 Å². The molecule has 3 N–H and O–H groups in total. The van der Waals surface area contributed by atoms with Crippen molar-refractivity contribution in [2.75, 3.05) is 11.9 Å². The van der Waals surface area contributed by atoms with E-state index in [1.54, 1.807) is 0 Å². The Hall–Kier alpha value is -1.51. The summed E-state index contributed by atoms with van der Waals surface area (Å²) < 4.78 is 0. The Labute approximate surface area is 119 Å². The van der Waals surface area contributed by atoms with E-state index in [4.69, 9.17) is 17.3 Å². The van der Waals surface area contributed by atoms with Gasteiger partial charge in [0.1, 0.15) is 0 Å². The van der Waals surface area contributed by atoms with E-state index in [9.17, 15) is 0 Å². The van der Waals surface area contributed by atoms with Crippen LogP contribution in [0.3, 0.4) is 0 Å². The zero-order chi connectivity index (χ0) is 13.7. The average Bonchev–Trinajstić information content (AvgIpc) is 2.46. The van der Waals surface area contributed by atoms with Crippen LogP contribution in [0.4, 0.5) is 5.69 Å². The third-order valence-electron chi connectivity index (χ3n) is 3.23. The number of aryl methyl sites for hydroxylation is 1. The van der Waals surface area contributed by atoms with Crippen molar-refractivity contribution in [2.24, 2.45) is 5.73 Å². The van der Waals surface area contributed by atoms with Crippen LogP contribution in [0, 0.1) is 0 Å². The molecule has 19 heavy (non-hydrogen) atoms. The standard InChI is InChI=1S/C16H19ClN2/c1-2-12-5-3-4-6-15(12)16(11-18)19-14-9-7-13(17)8-10-14/h3-10,16,19H,2,11,18H2,1H3. The first-order chi connectivity index (χ1) is 9.24. The molecule has 0 saturated heterocycles. The van der Waals surface area contributed by atoms with Gasteiger partial charge in [0.15, 0.2) is 0 Å². The SMILES string of the molecule is CCc1ccccc1C(CN)Nc1ccc(Cl)cc1. The van der Waals surface area contributed by atoms with E-state index in [2.05, 4.69) is 36.5 Å². The lowest BCUT2D eigenvalue weighted by atomic mass is 9.98. The molecule has 0 saturated carbocycles. The van der Waals surface area contributed by atoms with Crippen molar-refractivity contribution in [3.63, 3.8) is 0 Å². The van der Waals surface area contributed by atoms with Gasteiger partial charge in [0, 0.05) is 17.3 Å². The second-order valence-corrected chi connectivity index (χ2v) is 4.93. The quantitative estimate of drug-likeness (QED) is 0.864. The van der Waals surface area contributed by atoms with E-state index in [1.165, 1.54) is 11.1 Å². The van der Waals surface area contributed by atoms with Gasteiger partial charge in [0.2, 0.25) is 0 Å². The number of nitrogens with two attached hydrogens (primary N) is 1. The van der Waals surface area contributed by atoms with Gasteiger partial charge in [-0.3, -0.25) is 0 Å². The van der Waals surface area contributed by atoms with Crippen LogP contribution >= 0.6 is 11.6 Å². The van der Waals surface area contributed by atoms with Crippen molar-refractivity contribution in [2.45, 2.75) is 19.4 Å². The van der Waals surface area contributed by atoms with Gasteiger partial charge in [-0.25, -0.2) is 0 Å². The maximum Gasteiger partial charge on any atom is 0.0638 e. The summed E-state index contributed by atoms with van der Waals surface area (Å²) in [5, 5.41) is 4.20. The number of nitrogens with one attached hydrogen (secondary N) is 1. The molecule has 0 spiro atoms. The van der Waals surface area contributed by atoms with Crippen LogP contribution in [0.2, 0.25) is 5.02 Å². The van der Waals surface area contributed by atoms with Crippen LogP contribution in [0.5, 0.6) is 0 Å². The summed E-state index contributed by atoms with van der Waals surface area (Å²) >= 11 is 5.89. The molecule has 0 fully saturated rings. The highest BCUT2D eigenvalue weighted by molar-refractivity contribution is 6.30. The predicted molar refractivity (Wildman–Crippen MR) is 82.7 cm³/mol. The van der Waals surface area contributed by atoms with Crippen molar-refractivity contribution in [3.05, 3.63) is 64.7 Å². The monoisotopic (exact) mass is 274 g/mol. The van der Waals surface area contributed by atoms with Gasteiger partial charge in [0.05, 0.1) is 6.04 Å². The summed E-state index contributed by atoms with van der Waals surface area (Å²) in [5.41, 5.74) is 9.55. The van der Waals surface area contributed by atoms with Crippen molar-refractivity contribution in [1.29, 1.82) is 0 Å². The van der Waals surface area contributed by atoms with Crippen LogP contribution in [0.1, 0.15) is 24.1 Å². The van der Waals surface area contributed by atoms with E-state index >= 15 is 0 Å². The van der Waals surface area contributed by atoms with Gasteiger partial charge in [-0.15, -0.1) is 0 Å². The molecule has 0 radical (unpaired) electrons. The van der Waals surface area contributed by atoms with Crippen molar-refractivity contribution in [3.8, 4) is 0 Å². The predicted octanol–water partition coefficient (Wildman–Crippen LogP) is 4.01. The van der Waals surface area contributed by atoms with E-state index in [0.717, 1.165) is 17.1 Å². The molecule has 2 nitrogen and oxygen atoms in total. The minimum Gasteiger partial charge on any atom is -0.377 e. The minimum absolute atomic E-state index is 0.123. The fraction of sp³-hybridized carbons (Fsp3) is 0.250. The molecule has 1 unspecified atom stereocenters. The molecule has 1 atom stereocenters. The van der Waals surface area contributed by atoms with E-state index in [-0.39, 0.29) is 6.04 Å². The second-order valence-electron chi connectivity index (χ2n) is 4.49. The molecular formula is C16H19ClN2. The molecule has 0 aliphatic heterocycles. The first kappa shape index (κ1) is 13.9. The number of rotatable bonds is 5. The highest BCUT2D eigenvalue weighted by Gasteiger charge is 2.12. The Morgan fingerprint density at radius 1 is 1.11 bits per heavy atom. The maximum atomic E-state index is 5.92. The number of hydrogen-bond acceptors (Lipinski definition) is 2. The second kappa shape index (κ2) is 6.60. The van der Waals surface area contributed by atoms with E-state index < -0.39 is 0 Å². The number of benzene rings is 2. The Balaban J connectivity index is 2.22. The molecule has 0 aromatic heterocycles. The lowest BCUT2D eigenvalue weighted by molar-refractivity contribution is 0.777. The van der Waals surface area contributed by atoms with Gasteiger partial charge < -0.3 is 11.1 Å². The Morgan fingerprint density at radius 2 is 1.79 bits per heavy atom.